The maximum atomic E-state index is 5.47. The fourth-order valence-electron chi connectivity index (χ4n) is 0.720. The third kappa shape index (κ3) is 4.30. The Morgan fingerprint density at radius 2 is 1.58 bits per heavy atom. The molecular weight excluding hydrogens is 208 g/mol. The molecule has 0 atom stereocenters. The zero-order valence-corrected chi connectivity index (χ0v) is 10.2. The number of thiol groups is 3. The van der Waals surface area contributed by atoms with E-state index in [1.165, 1.54) is 0 Å². The van der Waals surface area contributed by atoms with Crippen LogP contribution in [0.25, 0.3) is 0 Å². The van der Waals surface area contributed by atoms with Crippen molar-refractivity contribution >= 4 is 37.9 Å². The third-order valence-electron chi connectivity index (χ3n) is 1.76. The van der Waals surface area contributed by atoms with Crippen molar-refractivity contribution in [2.75, 3.05) is 30.5 Å². The number of ether oxygens (including phenoxy) is 1. The molecule has 12 heavy (non-hydrogen) atoms. The fourth-order valence-corrected chi connectivity index (χ4v) is 2.19. The van der Waals surface area contributed by atoms with Gasteiger partial charge in [-0.1, -0.05) is 6.92 Å². The van der Waals surface area contributed by atoms with Crippen molar-refractivity contribution in [1.82, 2.24) is 0 Å². The topological polar surface area (TPSA) is 9.23 Å². The molecule has 0 aliphatic carbocycles. The summed E-state index contributed by atoms with van der Waals surface area (Å²) in [6.07, 6.45) is 1.06. The molecule has 0 aliphatic heterocycles. The molecule has 0 heterocycles. The van der Waals surface area contributed by atoms with E-state index in [4.69, 9.17) is 4.74 Å². The Bertz CT molecular complexity index is 96.2. The van der Waals surface area contributed by atoms with Crippen LogP contribution in [0.4, 0.5) is 0 Å². The minimum Gasteiger partial charge on any atom is -0.381 e. The molecule has 4 heteroatoms. The summed E-state index contributed by atoms with van der Waals surface area (Å²) in [6.45, 7) is 3.64. The van der Waals surface area contributed by atoms with Crippen molar-refractivity contribution in [2.45, 2.75) is 13.3 Å². The molecule has 0 amide bonds. The van der Waals surface area contributed by atoms with Crippen LogP contribution in [0.15, 0.2) is 0 Å². The van der Waals surface area contributed by atoms with Crippen molar-refractivity contribution in [1.29, 1.82) is 0 Å². The lowest BCUT2D eigenvalue weighted by Gasteiger charge is -2.28. The monoisotopic (exact) mass is 226 g/mol. The van der Waals surface area contributed by atoms with E-state index in [9.17, 15) is 0 Å². The number of rotatable bonds is 7. The van der Waals surface area contributed by atoms with Gasteiger partial charge in [-0.05, 0) is 23.7 Å². The van der Waals surface area contributed by atoms with Gasteiger partial charge in [0.05, 0.1) is 6.61 Å². The first kappa shape index (κ1) is 13.0. The third-order valence-corrected chi connectivity index (χ3v) is 3.78. The van der Waals surface area contributed by atoms with Crippen LogP contribution in [0.3, 0.4) is 0 Å². The molecular formula is C8H18OS3. The minimum atomic E-state index is 0.0461. The molecule has 0 saturated carbocycles. The molecule has 0 unspecified atom stereocenters. The molecule has 0 saturated heterocycles. The maximum Gasteiger partial charge on any atom is 0.0545 e. The smallest absolute Gasteiger partial charge is 0.0545 e. The highest BCUT2D eigenvalue weighted by atomic mass is 32.1. The van der Waals surface area contributed by atoms with Gasteiger partial charge in [-0.25, -0.2) is 0 Å². The van der Waals surface area contributed by atoms with E-state index in [2.05, 4.69) is 44.8 Å². The molecule has 0 bridgehead atoms. The fraction of sp³-hybridized carbons (Fsp3) is 1.00. The van der Waals surface area contributed by atoms with Gasteiger partial charge in [-0.15, -0.1) is 0 Å². The predicted molar refractivity (Wildman–Crippen MR) is 65.1 cm³/mol. The quantitative estimate of drug-likeness (QED) is 0.445. The summed E-state index contributed by atoms with van der Waals surface area (Å²) < 4.78 is 5.47. The van der Waals surface area contributed by atoms with Crippen molar-refractivity contribution in [3.05, 3.63) is 0 Å². The molecule has 0 fully saturated rings. The first-order valence-electron chi connectivity index (χ1n) is 4.15. The normalized spacial score (nSPS) is 12.0. The van der Waals surface area contributed by atoms with Gasteiger partial charge in [-0.2, -0.15) is 37.9 Å². The molecule has 0 aliphatic rings. The number of hydrogen-bond donors (Lipinski definition) is 3. The van der Waals surface area contributed by atoms with Crippen LogP contribution in [-0.4, -0.2) is 30.5 Å². The highest BCUT2D eigenvalue weighted by Crippen LogP contribution is 2.23. The van der Waals surface area contributed by atoms with E-state index in [1.54, 1.807) is 0 Å². The summed E-state index contributed by atoms with van der Waals surface area (Å²) in [5.41, 5.74) is 0.0461. The van der Waals surface area contributed by atoms with Gasteiger partial charge in [0.25, 0.3) is 0 Å². The Morgan fingerprint density at radius 3 is 1.92 bits per heavy atom. The van der Waals surface area contributed by atoms with Crippen LogP contribution in [-0.2, 0) is 4.74 Å². The van der Waals surface area contributed by atoms with Gasteiger partial charge >= 0.3 is 0 Å². The standard InChI is InChI=1S/C8H18OS3/c1-2-3-9-4-8(5-10,6-11)7-12/h10-12H,2-7H2,1H3. The summed E-state index contributed by atoms with van der Waals surface area (Å²) in [4.78, 5) is 0. The molecule has 0 spiro atoms. The highest BCUT2D eigenvalue weighted by Gasteiger charge is 2.25. The van der Waals surface area contributed by atoms with Gasteiger partial charge < -0.3 is 4.74 Å². The first-order valence-corrected chi connectivity index (χ1v) is 6.04. The van der Waals surface area contributed by atoms with Gasteiger partial charge in [-0.3, -0.25) is 0 Å². The minimum absolute atomic E-state index is 0.0461. The van der Waals surface area contributed by atoms with Gasteiger partial charge in [0, 0.05) is 12.0 Å². The average Bonchev–Trinajstić information content (AvgIpc) is 2.14. The summed E-state index contributed by atoms with van der Waals surface area (Å²) >= 11 is 12.9. The van der Waals surface area contributed by atoms with E-state index in [0.29, 0.717) is 0 Å². The van der Waals surface area contributed by atoms with Crippen LogP contribution in [0.2, 0.25) is 0 Å². The lowest BCUT2D eigenvalue weighted by Crippen LogP contribution is -2.33. The summed E-state index contributed by atoms with van der Waals surface area (Å²) in [6, 6.07) is 0. The zero-order chi connectivity index (χ0) is 9.45. The molecule has 0 radical (unpaired) electrons. The van der Waals surface area contributed by atoms with Crippen LogP contribution in [0.5, 0.6) is 0 Å². The lowest BCUT2D eigenvalue weighted by atomic mass is 9.97. The van der Waals surface area contributed by atoms with Gasteiger partial charge in [0.1, 0.15) is 0 Å². The molecule has 0 N–H and O–H groups in total. The molecule has 1 nitrogen and oxygen atoms in total. The Kier molecular flexibility index (Phi) is 8.04. The largest absolute Gasteiger partial charge is 0.381 e. The summed E-state index contributed by atoms with van der Waals surface area (Å²) in [7, 11) is 0. The Hall–Kier alpha value is 1.01. The summed E-state index contributed by atoms with van der Waals surface area (Å²) in [5.74, 6) is 2.34. The molecule has 0 aromatic carbocycles. The second-order valence-corrected chi connectivity index (χ2v) is 3.98. The zero-order valence-electron chi connectivity index (χ0n) is 7.49. The Balaban J connectivity index is 3.76. The molecule has 0 aromatic rings. The van der Waals surface area contributed by atoms with Crippen LogP contribution >= 0.6 is 37.9 Å². The van der Waals surface area contributed by atoms with Crippen LogP contribution in [0, 0.1) is 5.41 Å². The highest BCUT2D eigenvalue weighted by molar-refractivity contribution is 7.82. The van der Waals surface area contributed by atoms with E-state index in [0.717, 1.165) is 36.9 Å². The van der Waals surface area contributed by atoms with Crippen LogP contribution < -0.4 is 0 Å². The molecule has 0 aromatic heterocycles. The first-order chi connectivity index (χ1) is 5.74. The van der Waals surface area contributed by atoms with Crippen molar-refractivity contribution in [2.24, 2.45) is 5.41 Å². The second-order valence-electron chi connectivity index (χ2n) is 3.03. The van der Waals surface area contributed by atoms with Gasteiger partial charge in [0.15, 0.2) is 0 Å². The number of hydrogen-bond acceptors (Lipinski definition) is 4. The van der Waals surface area contributed by atoms with Crippen molar-refractivity contribution < 1.29 is 4.74 Å². The van der Waals surface area contributed by atoms with Crippen LogP contribution in [0.1, 0.15) is 13.3 Å². The summed E-state index contributed by atoms with van der Waals surface area (Å²) in [5, 5.41) is 0. The lowest BCUT2D eigenvalue weighted by molar-refractivity contribution is 0.0785. The Morgan fingerprint density at radius 1 is 1.08 bits per heavy atom. The Labute approximate surface area is 91.9 Å². The van der Waals surface area contributed by atoms with Gasteiger partial charge in [0.2, 0.25) is 0 Å². The SMILES string of the molecule is CCCOCC(CS)(CS)CS. The molecule has 0 rings (SSSR count). The molecule has 74 valence electrons. The maximum absolute atomic E-state index is 5.47. The van der Waals surface area contributed by atoms with Crippen molar-refractivity contribution in [3.63, 3.8) is 0 Å². The van der Waals surface area contributed by atoms with Crippen molar-refractivity contribution in [3.8, 4) is 0 Å². The van der Waals surface area contributed by atoms with E-state index < -0.39 is 0 Å². The predicted octanol–water partition coefficient (Wildman–Crippen LogP) is 2.19. The van der Waals surface area contributed by atoms with E-state index in [1.807, 2.05) is 0 Å². The average molecular weight is 226 g/mol. The van der Waals surface area contributed by atoms with E-state index >= 15 is 0 Å². The van der Waals surface area contributed by atoms with E-state index in [-0.39, 0.29) is 5.41 Å². The second kappa shape index (κ2) is 7.42.